The highest BCUT2D eigenvalue weighted by molar-refractivity contribution is 5.63. The molecule has 0 saturated carbocycles. The van der Waals surface area contributed by atoms with Gasteiger partial charge < -0.3 is 9.64 Å². The van der Waals surface area contributed by atoms with Crippen LogP contribution in [0.2, 0.25) is 0 Å². The molecule has 0 aromatic heterocycles. The lowest BCUT2D eigenvalue weighted by Gasteiger charge is -2.19. The Kier molecular flexibility index (Phi) is 4.96. The van der Waals surface area contributed by atoms with Crippen molar-refractivity contribution < 1.29 is 17.9 Å². The van der Waals surface area contributed by atoms with E-state index in [1.807, 2.05) is 24.3 Å². The van der Waals surface area contributed by atoms with Crippen LogP contribution in [0.3, 0.4) is 0 Å². The molecular formula is C22H18F3N3O. The Morgan fingerprint density at radius 3 is 2.10 bits per heavy atom. The van der Waals surface area contributed by atoms with Crippen molar-refractivity contribution >= 4 is 17.1 Å². The van der Waals surface area contributed by atoms with E-state index in [-0.39, 0.29) is 0 Å². The third-order valence-corrected chi connectivity index (χ3v) is 4.84. The van der Waals surface area contributed by atoms with E-state index in [4.69, 9.17) is 4.74 Å². The number of fused-ring (bicyclic) bond motifs is 1. The minimum Gasteiger partial charge on any atom is -0.494 e. The van der Waals surface area contributed by atoms with E-state index in [9.17, 15) is 13.2 Å². The Labute approximate surface area is 166 Å². The molecule has 3 aromatic rings. The number of rotatable bonds is 4. The second-order valence-corrected chi connectivity index (χ2v) is 6.73. The fraction of sp³-hybridized carbons (Fsp3) is 0.182. The highest BCUT2D eigenvalue weighted by Crippen LogP contribution is 2.36. The van der Waals surface area contributed by atoms with Crippen LogP contribution in [0.4, 0.5) is 30.2 Å². The number of halogens is 3. The summed E-state index contributed by atoms with van der Waals surface area (Å²) in [5.74, 6) is 0.550. The topological polar surface area (TPSA) is 37.2 Å². The summed E-state index contributed by atoms with van der Waals surface area (Å²) in [5.41, 5.74) is 3.73. The summed E-state index contributed by atoms with van der Waals surface area (Å²) in [4.78, 5) is 2.24. The zero-order valence-corrected chi connectivity index (χ0v) is 15.6. The van der Waals surface area contributed by atoms with Crippen molar-refractivity contribution in [3.05, 3.63) is 83.4 Å². The SMILES string of the molecule is COc1cc(N2Cc3ccccc3C2)ccc1N=Nc1ccc(C(F)(F)F)cc1. The van der Waals surface area contributed by atoms with Gasteiger partial charge in [0.1, 0.15) is 11.4 Å². The summed E-state index contributed by atoms with van der Waals surface area (Å²) in [6.07, 6.45) is -4.37. The molecular weight excluding hydrogens is 379 g/mol. The Hall–Kier alpha value is -3.35. The van der Waals surface area contributed by atoms with Crippen LogP contribution in [0, 0.1) is 0 Å². The molecule has 0 N–H and O–H groups in total. The Morgan fingerprint density at radius 1 is 0.862 bits per heavy atom. The summed E-state index contributed by atoms with van der Waals surface area (Å²) in [7, 11) is 1.55. The van der Waals surface area contributed by atoms with E-state index in [1.165, 1.54) is 23.3 Å². The second kappa shape index (κ2) is 7.58. The van der Waals surface area contributed by atoms with E-state index in [1.54, 1.807) is 13.2 Å². The molecule has 3 aromatic carbocycles. The monoisotopic (exact) mass is 397 g/mol. The van der Waals surface area contributed by atoms with Gasteiger partial charge in [0.2, 0.25) is 0 Å². The summed E-state index contributed by atoms with van der Waals surface area (Å²) in [5, 5.41) is 8.18. The molecule has 0 aliphatic carbocycles. The van der Waals surface area contributed by atoms with Crippen LogP contribution in [0.5, 0.6) is 5.75 Å². The zero-order chi connectivity index (χ0) is 20.4. The maximum Gasteiger partial charge on any atom is 0.416 e. The van der Waals surface area contributed by atoms with Gasteiger partial charge in [-0.2, -0.15) is 18.3 Å². The van der Waals surface area contributed by atoms with Crippen LogP contribution < -0.4 is 9.64 Å². The van der Waals surface area contributed by atoms with Gasteiger partial charge in [-0.3, -0.25) is 0 Å². The van der Waals surface area contributed by atoms with Gasteiger partial charge in [0, 0.05) is 24.8 Å². The summed E-state index contributed by atoms with van der Waals surface area (Å²) >= 11 is 0. The molecule has 1 heterocycles. The zero-order valence-electron chi connectivity index (χ0n) is 15.6. The van der Waals surface area contributed by atoms with E-state index >= 15 is 0 Å². The minimum atomic E-state index is -4.37. The number of methoxy groups -OCH3 is 1. The van der Waals surface area contributed by atoms with Gasteiger partial charge >= 0.3 is 6.18 Å². The number of hydrogen-bond donors (Lipinski definition) is 0. The van der Waals surface area contributed by atoms with Crippen LogP contribution in [0.25, 0.3) is 0 Å². The molecule has 1 aliphatic rings. The Bertz CT molecular complexity index is 1020. The van der Waals surface area contributed by atoms with Crippen LogP contribution in [-0.2, 0) is 19.3 Å². The average Bonchev–Trinajstić information content (AvgIpc) is 3.16. The molecule has 0 fully saturated rings. The number of hydrogen-bond acceptors (Lipinski definition) is 4. The predicted molar refractivity (Wildman–Crippen MR) is 105 cm³/mol. The molecule has 4 rings (SSSR count). The lowest BCUT2D eigenvalue weighted by molar-refractivity contribution is -0.137. The van der Waals surface area contributed by atoms with Gasteiger partial charge in [-0.25, -0.2) is 0 Å². The molecule has 1 aliphatic heterocycles. The third kappa shape index (κ3) is 4.08. The molecule has 0 spiro atoms. The van der Waals surface area contributed by atoms with Gasteiger partial charge in [0.25, 0.3) is 0 Å². The van der Waals surface area contributed by atoms with Crippen molar-refractivity contribution in [2.45, 2.75) is 19.3 Å². The summed E-state index contributed by atoms with van der Waals surface area (Å²) in [6.45, 7) is 1.65. The van der Waals surface area contributed by atoms with Crippen molar-refractivity contribution in [1.82, 2.24) is 0 Å². The van der Waals surface area contributed by atoms with Crippen molar-refractivity contribution in [3.63, 3.8) is 0 Å². The molecule has 4 nitrogen and oxygen atoms in total. The van der Waals surface area contributed by atoms with Crippen LogP contribution in [0.1, 0.15) is 16.7 Å². The minimum absolute atomic E-state index is 0.333. The number of alkyl halides is 3. The molecule has 0 saturated heterocycles. The molecule has 0 amide bonds. The first kappa shape index (κ1) is 19.0. The second-order valence-electron chi connectivity index (χ2n) is 6.73. The summed E-state index contributed by atoms with van der Waals surface area (Å²) in [6, 6.07) is 18.5. The first-order valence-corrected chi connectivity index (χ1v) is 9.03. The fourth-order valence-electron chi connectivity index (χ4n) is 3.29. The maximum absolute atomic E-state index is 12.6. The van der Waals surface area contributed by atoms with Gasteiger partial charge in [-0.05, 0) is 47.5 Å². The molecule has 0 bridgehead atoms. The first-order chi connectivity index (χ1) is 13.9. The first-order valence-electron chi connectivity index (χ1n) is 9.03. The van der Waals surface area contributed by atoms with Crippen LogP contribution in [-0.4, -0.2) is 7.11 Å². The van der Waals surface area contributed by atoms with Gasteiger partial charge in [-0.1, -0.05) is 24.3 Å². The number of anilines is 1. The van der Waals surface area contributed by atoms with Crippen molar-refractivity contribution in [2.24, 2.45) is 10.2 Å². The average molecular weight is 397 g/mol. The smallest absolute Gasteiger partial charge is 0.416 e. The Morgan fingerprint density at radius 2 is 1.52 bits per heavy atom. The van der Waals surface area contributed by atoms with E-state index in [0.717, 1.165) is 30.9 Å². The number of benzene rings is 3. The van der Waals surface area contributed by atoms with Crippen molar-refractivity contribution in [3.8, 4) is 5.75 Å². The van der Waals surface area contributed by atoms with E-state index in [0.29, 0.717) is 17.1 Å². The van der Waals surface area contributed by atoms with Gasteiger partial charge in [0.15, 0.2) is 0 Å². The molecule has 0 unspecified atom stereocenters. The van der Waals surface area contributed by atoms with Crippen molar-refractivity contribution in [1.29, 1.82) is 0 Å². The maximum atomic E-state index is 12.6. The standard InChI is InChI=1S/C22H18F3N3O/c1-29-21-12-19(28-13-15-4-2-3-5-16(15)14-28)10-11-20(21)27-26-18-8-6-17(7-9-18)22(23,24)25/h2-12H,13-14H2,1H3. The lowest BCUT2D eigenvalue weighted by atomic mass is 10.1. The van der Waals surface area contributed by atoms with Crippen LogP contribution in [0.15, 0.2) is 77.0 Å². The number of azo groups is 1. The molecule has 0 radical (unpaired) electrons. The van der Waals surface area contributed by atoms with Gasteiger partial charge in [0.05, 0.1) is 18.4 Å². The number of ether oxygens (including phenoxy) is 1. The number of nitrogens with zero attached hydrogens (tertiary/aromatic N) is 3. The van der Waals surface area contributed by atoms with Gasteiger partial charge in [-0.15, -0.1) is 5.11 Å². The quantitative estimate of drug-likeness (QED) is 0.462. The fourth-order valence-corrected chi connectivity index (χ4v) is 3.29. The Balaban J connectivity index is 1.52. The molecule has 29 heavy (non-hydrogen) atoms. The van der Waals surface area contributed by atoms with Crippen LogP contribution >= 0.6 is 0 Å². The normalized spacial score (nSPS) is 13.7. The largest absolute Gasteiger partial charge is 0.494 e. The lowest BCUT2D eigenvalue weighted by Crippen LogP contribution is -2.14. The molecule has 148 valence electrons. The predicted octanol–water partition coefficient (Wildman–Crippen LogP) is 6.65. The summed E-state index contributed by atoms with van der Waals surface area (Å²) < 4.78 is 43.4. The van der Waals surface area contributed by atoms with E-state index in [2.05, 4.69) is 27.3 Å². The van der Waals surface area contributed by atoms with Crippen molar-refractivity contribution in [2.75, 3.05) is 12.0 Å². The molecule has 0 atom stereocenters. The van der Waals surface area contributed by atoms with E-state index < -0.39 is 11.7 Å². The highest BCUT2D eigenvalue weighted by atomic mass is 19.4. The molecule has 7 heteroatoms. The highest BCUT2D eigenvalue weighted by Gasteiger charge is 2.29. The third-order valence-electron chi connectivity index (χ3n) is 4.84.